The van der Waals surface area contributed by atoms with E-state index in [9.17, 15) is 0 Å². The quantitative estimate of drug-likeness (QED) is 0.794. The number of rotatable bonds is 3. The molecule has 1 aromatic carbocycles. The summed E-state index contributed by atoms with van der Waals surface area (Å²) in [6, 6.07) is 13.5. The van der Waals surface area contributed by atoms with Gasteiger partial charge in [-0.25, -0.2) is 0 Å². The largest absolute Gasteiger partial charge is 0.379 e. The fourth-order valence-electron chi connectivity index (χ4n) is 1.34. The maximum atomic E-state index is 8.63. The number of aromatic nitrogens is 1. The highest BCUT2D eigenvalue weighted by molar-refractivity contribution is 5.47. The third-order valence-electron chi connectivity index (χ3n) is 2.16. The number of hydrogen-bond donors (Lipinski definition) is 2. The first-order valence-electron chi connectivity index (χ1n) is 4.75. The van der Waals surface area contributed by atoms with Gasteiger partial charge in [-0.2, -0.15) is 5.26 Å². The monoisotopic (exact) mass is 197 g/mol. The van der Waals surface area contributed by atoms with Gasteiger partial charge in [0.1, 0.15) is 0 Å². The van der Waals surface area contributed by atoms with E-state index in [1.54, 1.807) is 12.1 Å². The summed E-state index contributed by atoms with van der Waals surface area (Å²) in [5, 5.41) is 11.9. The molecule has 2 aromatic rings. The summed E-state index contributed by atoms with van der Waals surface area (Å²) < 4.78 is 0. The molecule has 0 radical (unpaired) electrons. The second kappa shape index (κ2) is 4.34. The van der Waals surface area contributed by atoms with Crippen LogP contribution in [-0.2, 0) is 6.54 Å². The van der Waals surface area contributed by atoms with Gasteiger partial charge in [-0.05, 0) is 36.4 Å². The van der Waals surface area contributed by atoms with Crippen molar-refractivity contribution >= 4 is 5.69 Å². The summed E-state index contributed by atoms with van der Waals surface area (Å²) in [5.41, 5.74) is 2.84. The van der Waals surface area contributed by atoms with E-state index in [0.717, 1.165) is 17.9 Å². The second-order valence-electron chi connectivity index (χ2n) is 3.24. The van der Waals surface area contributed by atoms with Crippen LogP contribution in [0.25, 0.3) is 0 Å². The number of benzene rings is 1. The maximum absolute atomic E-state index is 8.63. The van der Waals surface area contributed by atoms with Gasteiger partial charge in [0.25, 0.3) is 0 Å². The van der Waals surface area contributed by atoms with Crippen molar-refractivity contribution in [2.24, 2.45) is 0 Å². The van der Waals surface area contributed by atoms with Crippen LogP contribution in [0, 0.1) is 11.3 Å². The normalized spacial score (nSPS) is 9.53. The summed E-state index contributed by atoms with van der Waals surface area (Å²) in [6.45, 7) is 0.763. The fourth-order valence-corrected chi connectivity index (χ4v) is 1.34. The average Bonchev–Trinajstić information content (AvgIpc) is 2.80. The molecule has 0 unspecified atom stereocenters. The molecule has 0 saturated heterocycles. The van der Waals surface area contributed by atoms with E-state index in [1.807, 2.05) is 30.5 Å². The minimum absolute atomic E-state index is 0.681. The van der Waals surface area contributed by atoms with Gasteiger partial charge in [0, 0.05) is 17.6 Å². The van der Waals surface area contributed by atoms with Crippen molar-refractivity contribution in [1.82, 2.24) is 4.98 Å². The van der Waals surface area contributed by atoms with Crippen molar-refractivity contribution in [2.75, 3.05) is 5.32 Å². The molecule has 0 spiro atoms. The summed E-state index contributed by atoms with van der Waals surface area (Å²) in [5.74, 6) is 0. The lowest BCUT2D eigenvalue weighted by Gasteiger charge is -2.04. The van der Waals surface area contributed by atoms with Crippen molar-refractivity contribution in [3.63, 3.8) is 0 Å². The minimum atomic E-state index is 0.681. The molecule has 2 rings (SSSR count). The van der Waals surface area contributed by atoms with Crippen LogP contribution in [0.15, 0.2) is 42.6 Å². The smallest absolute Gasteiger partial charge is 0.0991 e. The molecule has 0 fully saturated rings. The third kappa shape index (κ3) is 2.38. The molecule has 0 saturated carbocycles. The lowest BCUT2D eigenvalue weighted by molar-refractivity contribution is 1.07. The first-order chi connectivity index (χ1) is 7.38. The Morgan fingerprint density at radius 3 is 2.60 bits per heavy atom. The lowest BCUT2D eigenvalue weighted by atomic mass is 10.2. The van der Waals surface area contributed by atoms with Gasteiger partial charge >= 0.3 is 0 Å². The highest BCUT2D eigenvalue weighted by atomic mass is 14.9. The van der Waals surface area contributed by atoms with Gasteiger partial charge in [-0.1, -0.05) is 0 Å². The van der Waals surface area contributed by atoms with E-state index in [0.29, 0.717) is 5.56 Å². The highest BCUT2D eigenvalue weighted by Crippen LogP contribution is 2.09. The Bertz CT molecular complexity index is 449. The Labute approximate surface area is 88.4 Å². The van der Waals surface area contributed by atoms with Crippen LogP contribution >= 0.6 is 0 Å². The van der Waals surface area contributed by atoms with Gasteiger partial charge in [-0.15, -0.1) is 0 Å². The number of aromatic amines is 1. The first-order valence-corrected chi connectivity index (χ1v) is 4.75. The molecule has 3 nitrogen and oxygen atoms in total. The Kier molecular flexibility index (Phi) is 2.70. The fraction of sp³-hybridized carbons (Fsp3) is 0.0833. The molecule has 15 heavy (non-hydrogen) atoms. The molecule has 0 aliphatic rings. The molecule has 2 N–H and O–H groups in total. The Hall–Kier alpha value is -2.21. The van der Waals surface area contributed by atoms with Gasteiger partial charge in [0.2, 0.25) is 0 Å². The molecule has 0 bridgehead atoms. The average molecular weight is 197 g/mol. The second-order valence-corrected chi connectivity index (χ2v) is 3.24. The SMILES string of the molecule is N#Cc1ccc(NCc2ccc[nH]2)cc1. The number of hydrogen-bond acceptors (Lipinski definition) is 2. The number of nitrogens with one attached hydrogen (secondary N) is 2. The van der Waals surface area contributed by atoms with E-state index >= 15 is 0 Å². The van der Waals surface area contributed by atoms with Gasteiger partial charge in [-0.3, -0.25) is 0 Å². The van der Waals surface area contributed by atoms with Crippen molar-refractivity contribution < 1.29 is 0 Å². The number of nitriles is 1. The van der Waals surface area contributed by atoms with E-state index in [4.69, 9.17) is 5.26 Å². The molecule has 0 aliphatic heterocycles. The van der Waals surface area contributed by atoms with Crippen LogP contribution in [0.1, 0.15) is 11.3 Å². The summed E-state index contributed by atoms with van der Waals surface area (Å²) in [7, 11) is 0. The molecule has 0 amide bonds. The number of nitrogens with zero attached hydrogens (tertiary/aromatic N) is 1. The highest BCUT2D eigenvalue weighted by Gasteiger charge is 1.94. The molecule has 1 heterocycles. The summed E-state index contributed by atoms with van der Waals surface area (Å²) >= 11 is 0. The lowest BCUT2D eigenvalue weighted by Crippen LogP contribution is -1.99. The third-order valence-corrected chi connectivity index (χ3v) is 2.16. The van der Waals surface area contributed by atoms with E-state index in [1.165, 1.54) is 0 Å². The van der Waals surface area contributed by atoms with Gasteiger partial charge < -0.3 is 10.3 Å². The minimum Gasteiger partial charge on any atom is -0.379 e. The van der Waals surface area contributed by atoms with Crippen LogP contribution in [0.2, 0.25) is 0 Å². The molecule has 3 heteroatoms. The Balaban J connectivity index is 1.97. The van der Waals surface area contributed by atoms with Crippen LogP contribution in [0.4, 0.5) is 5.69 Å². The molecule has 0 aliphatic carbocycles. The van der Waals surface area contributed by atoms with Gasteiger partial charge in [0.05, 0.1) is 18.2 Å². The van der Waals surface area contributed by atoms with E-state index in [-0.39, 0.29) is 0 Å². The van der Waals surface area contributed by atoms with Crippen molar-refractivity contribution in [3.8, 4) is 6.07 Å². The standard InChI is InChI=1S/C12H11N3/c13-8-10-3-5-11(6-4-10)15-9-12-2-1-7-14-12/h1-7,14-15H,9H2. The van der Waals surface area contributed by atoms with Crippen molar-refractivity contribution in [1.29, 1.82) is 5.26 Å². The van der Waals surface area contributed by atoms with E-state index < -0.39 is 0 Å². The topological polar surface area (TPSA) is 51.6 Å². The maximum Gasteiger partial charge on any atom is 0.0991 e. The first kappa shape index (κ1) is 9.35. The number of anilines is 1. The van der Waals surface area contributed by atoms with Gasteiger partial charge in [0.15, 0.2) is 0 Å². The van der Waals surface area contributed by atoms with Crippen molar-refractivity contribution in [2.45, 2.75) is 6.54 Å². The molecule has 74 valence electrons. The van der Waals surface area contributed by atoms with Crippen molar-refractivity contribution in [3.05, 3.63) is 53.9 Å². The zero-order valence-corrected chi connectivity index (χ0v) is 8.20. The van der Waals surface area contributed by atoms with Crippen LogP contribution < -0.4 is 5.32 Å². The number of H-pyrrole nitrogens is 1. The predicted molar refractivity (Wildman–Crippen MR) is 59.3 cm³/mol. The molecular weight excluding hydrogens is 186 g/mol. The van der Waals surface area contributed by atoms with Crippen LogP contribution in [-0.4, -0.2) is 4.98 Å². The molecular formula is C12H11N3. The van der Waals surface area contributed by atoms with E-state index in [2.05, 4.69) is 16.4 Å². The molecule has 0 atom stereocenters. The van der Waals surface area contributed by atoms with Crippen LogP contribution in [0.3, 0.4) is 0 Å². The predicted octanol–water partition coefficient (Wildman–Crippen LogP) is 2.50. The Morgan fingerprint density at radius 1 is 1.20 bits per heavy atom. The summed E-state index contributed by atoms with van der Waals surface area (Å²) in [6.07, 6.45) is 1.90. The zero-order chi connectivity index (χ0) is 10.5. The Morgan fingerprint density at radius 2 is 2.00 bits per heavy atom. The van der Waals surface area contributed by atoms with Crippen LogP contribution in [0.5, 0.6) is 0 Å². The zero-order valence-electron chi connectivity index (χ0n) is 8.20. The molecule has 1 aromatic heterocycles. The summed E-state index contributed by atoms with van der Waals surface area (Å²) in [4.78, 5) is 3.12.